The second-order valence-corrected chi connectivity index (χ2v) is 3.78. The van der Waals surface area contributed by atoms with E-state index in [0.717, 1.165) is 6.07 Å². The molecule has 2 heterocycles. The summed E-state index contributed by atoms with van der Waals surface area (Å²) in [5.74, 6) is 0. The molecule has 0 saturated carbocycles. The molecule has 2 N–H and O–H groups in total. The van der Waals surface area contributed by atoms with Gasteiger partial charge in [0.05, 0.1) is 18.8 Å². The van der Waals surface area contributed by atoms with Gasteiger partial charge >= 0.3 is 6.18 Å². The lowest BCUT2D eigenvalue weighted by Crippen LogP contribution is -2.26. The van der Waals surface area contributed by atoms with Crippen LogP contribution in [0.5, 0.6) is 0 Å². The van der Waals surface area contributed by atoms with Crippen LogP contribution in [0.15, 0.2) is 12.3 Å². The van der Waals surface area contributed by atoms with Crippen molar-refractivity contribution in [1.82, 2.24) is 4.98 Å². The van der Waals surface area contributed by atoms with Gasteiger partial charge in [-0.15, -0.1) is 12.4 Å². The minimum absolute atomic E-state index is 0. The minimum atomic E-state index is -4.43. The summed E-state index contributed by atoms with van der Waals surface area (Å²) in [5, 5.41) is 0. The van der Waals surface area contributed by atoms with Gasteiger partial charge < -0.3 is 10.5 Å². The van der Waals surface area contributed by atoms with Gasteiger partial charge in [-0.05, 0) is 24.1 Å². The molecule has 0 fully saturated rings. The molecule has 0 aromatic carbocycles. The van der Waals surface area contributed by atoms with Crippen LogP contribution in [-0.4, -0.2) is 11.6 Å². The van der Waals surface area contributed by atoms with Crippen LogP contribution in [-0.2, 0) is 10.9 Å². The molecule has 0 saturated heterocycles. The molecule has 2 atom stereocenters. The number of hydrogen-bond acceptors (Lipinski definition) is 3. The number of pyridine rings is 1. The lowest BCUT2D eigenvalue weighted by Gasteiger charge is -2.28. The molecule has 1 aliphatic heterocycles. The summed E-state index contributed by atoms with van der Waals surface area (Å²) >= 11 is 0. The van der Waals surface area contributed by atoms with Crippen LogP contribution in [0.3, 0.4) is 0 Å². The van der Waals surface area contributed by atoms with Gasteiger partial charge in [-0.3, -0.25) is 4.98 Å². The van der Waals surface area contributed by atoms with E-state index in [1.165, 1.54) is 6.20 Å². The Bertz CT molecular complexity index is 411. The standard InChI is InChI=1S/C10H11F3N2O.ClH/c1-5-6-2-9(10(11,12)13)15-3-7(6)8(14)4-16-5;/h2-3,5,8H,4,14H2,1H3;1H/t5-,8-;/m1./s1. The van der Waals surface area contributed by atoms with E-state index < -0.39 is 17.9 Å². The highest BCUT2D eigenvalue weighted by Gasteiger charge is 2.34. The molecule has 1 aliphatic rings. The van der Waals surface area contributed by atoms with Crippen molar-refractivity contribution in [2.45, 2.75) is 25.2 Å². The average molecular weight is 269 g/mol. The Kier molecular flexibility index (Phi) is 4.01. The number of alkyl halides is 3. The first-order valence-electron chi connectivity index (χ1n) is 4.84. The van der Waals surface area contributed by atoms with E-state index in [1.54, 1.807) is 6.92 Å². The van der Waals surface area contributed by atoms with Gasteiger partial charge in [-0.1, -0.05) is 0 Å². The van der Waals surface area contributed by atoms with Crippen LogP contribution in [0.2, 0.25) is 0 Å². The fraction of sp³-hybridized carbons (Fsp3) is 0.500. The molecular formula is C10H12ClF3N2O. The molecule has 17 heavy (non-hydrogen) atoms. The Balaban J connectivity index is 0.00000144. The van der Waals surface area contributed by atoms with Gasteiger partial charge in [-0.25, -0.2) is 0 Å². The summed E-state index contributed by atoms with van der Waals surface area (Å²) in [6, 6.07) is 0.611. The number of fused-ring (bicyclic) bond motifs is 1. The van der Waals surface area contributed by atoms with Crippen molar-refractivity contribution in [1.29, 1.82) is 0 Å². The van der Waals surface area contributed by atoms with Crippen molar-refractivity contribution in [3.05, 3.63) is 29.1 Å². The Hall–Kier alpha value is -0.850. The summed E-state index contributed by atoms with van der Waals surface area (Å²) < 4.78 is 42.6. The first-order chi connectivity index (χ1) is 7.39. The predicted octanol–water partition coefficient (Wildman–Crippen LogP) is 2.61. The average Bonchev–Trinajstić information content (AvgIpc) is 2.22. The molecule has 7 heteroatoms. The molecule has 0 radical (unpaired) electrons. The lowest BCUT2D eigenvalue weighted by molar-refractivity contribution is -0.141. The highest BCUT2D eigenvalue weighted by atomic mass is 35.5. The molecule has 0 bridgehead atoms. The van der Waals surface area contributed by atoms with Crippen LogP contribution < -0.4 is 5.73 Å². The van der Waals surface area contributed by atoms with Crippen molar-refractivity contribution in [2.75, 3.05) is 6.61 Å². The van der Waals surface area contributed by atoms with E-state index in [9.17, 15) is 13.2 Å². The Morgan fingerprint density at radius 1 is 1.41 bits per heavy atom. The largest absolute Gasteiger partial charge is 0.433 e. The summed E-state index contributed by atoms with van der Waals surface area (Å²) in [4.78, 5) is 3.39. The highest BCUT2D eigenvalue weighted by Crippen LogP contribution is 2.35. The maximum absolute atomic E-state index is 12.4. The maximum Gasteiger partial charge on any atom is 0.433 e. The number of hydrogen-bond donors (Lipinski definition) is 1. The third-order valence-electron chi connectivity index (χ3n) is 2.62. The monoisotopic (exact) mass is 268 g/mol. The van der Waals surface area contributed by atoms with Crippen LogP contribution in [0.4, 0.5) is 13.2 Å². The quantitative estimate of drug-likeness (QED) is 0.787. The van der Waals surface area contributed by atoms with Gasteiger partial charge in [0.25, 0.3) is 0 Å². The predicted molar refractivity (Wildman–Crippen MR) is 57.8 cm³/mol. The first-order valence-corrected chi connectivity index (χ1v) is 4.84. The zero-order valence-electron chi connectivity index (χ0n) is 8.99. The normalized spacial score (nSPS) is 23.8. The lowest BCUT2D eigenvalue weighted by atomic mass is 9.96. The van der Waals surface area contributed by atoms with Crippen molar-refractivity contribution >= 4 is 12.4 Å². The first kappa shape index (κ1) is 14.2. The molecule has 3 nitrogen and oxygen atoms in total. The third kappa shape index (κ3) is 2.70. The topological polar surface area (TPSA) is 48.1 Å². The van der Waals surface area contributed by atoms with Crippen LogP contribution in [0.25, 0.3) is 0 Å². The molecule has 96 valence electrons. The van der Waals surface area contributed by atoms with Crippen molar-refractivity contribution in [3.63, 3.8) is 0 Å². The zero-order valence-corrected chi connectivity index (χ0v) is 9.81. The van der Waals surface area contributed by atoms with Gasteiger partial charge in [0, 0.05) is 6.20 Å². The number of aromatic nitrogens is 1. The van der Waals surface area contributed by atoms with Crippen molar-refractivity contribution in [3.8, 4) is 0 Å². The number of rotatable bonds is 0. The maximum atomic E-state index is 12.4. The van der Waals surface area contributed by atoms with Gasteiger partial charge in [0.1, 0.15) is 5.69 Å². The van der Waals surface area contributed by atoms with Gasteiger partial charge in [0.15, 0.2) is 0 Å². The second-order valence-electron chi connectivity index (χ2n) is 3.78. The summed E-state index contributed by atoms with van der Waals surface area (Å²) in [6.45, 7) is 2.01. The number of ether oxygens (including phenoxy) is 1. The molecular weight excluding hydrogens is 257 g/mol. The molecule has 1 aromatic rings. The van der Waals surface area contributed by atoms with E-state index in [-0.39, 0.29) is 18.5 Å². The van der Waals surface area contributed by atoms with Crippen molar-refractivity contribution in [2.24, 2.45) is 5.73 Å². The van der Waals surface area contributed by atoms with Gasteiger partial charge in [-0.2, -0.15) is 13.2 Å². The molecule has 2 rings (SSSR count). The number of nitrogens with zero attached hydrogens (tertiary/aromatic N) is 1. The number of nitrogens with two attached hydrogens (primary N) is 1. The van der Waals surface area contributed by atoms with E-state index in [0.29, 0.717) is 17.7 Å². The smallest absolute Gasteiger partial charge is 0.372 e. The fourth-order valence-electron chi connectivity index (χ4n) is 1.73. The molecule has 1 aromatic heterocycles. The molecule has 0 aliphatic carbocycles. The third-order valence-corrected chi connectivity index (χ3v) is 2.62. The SMILES string of the molecule is C[C@H]1OC[C@@H](N)c2cnc(C(F)(F)F)cc21.Cl. The Labute approximate surface area is 103 Å². The Morgan fingerprint density at radius 2 is 2.06 bits per heavy atom. The van der Waals surface area contributed by atoms with Crippen LogP contribution >= 0.6 is 12.4 Å². The Morgan fingerprint density at radius 3 is 2.65 bits per heavy atom. The van der Waals surface area contributed by atoms with Crippen LogP contribution in [0, 0.1) is 0 Å². The molecule has 0 amide bonds. The van der Waals surface area contributed by atoms with Crippen LogP contribution in [0.1, 0.15) is 35.9 Å². The zero-order chi connectivity index (χ0) is 11.9. The fourth-order valence-corrected chi connectivity index (χ4v) is 1.73. The van der Waals surface area contributed by atoms with E-state index in [2.05, 4.69) is 4.98 Å². The molecule has 0 unspecified atom stereocenters. The van der Waals surface area contributed by atoms with Crippen molar-refractivity contribution < 1.29 is 17.9 Å². The minimum Gasteiger partial charge on any atom is -0.372 e. The van der Waals surface area contributed by atoms with E-state index in [1.807, 2.05) is 0 Å². The number of halogens is 4. The summed E-state index contributed by atoms with van der Waals surface area (Å²) in [7, 11) is 0. The summed E-state index contributed by atoms with van der Waals surface area (Å²) in [6.07, 6.45) is -3.61. The molecule has 0 spiro atoms. The summed E-state index contributed by atoms with van der Waals surface area (Å²) in [5.41, 5.74) is 5.92. The van der Waals surface area contributed by atoms with E-state index >= 15 is 0 Å². The second kappa shape index (κ2) is 4.80. The highest BCUT2D eigenvalue weighted by molar-refractivity contribution is 5.85. The van der Waals surface area contributed by atoms with Gasteiger partial charge in [0.2, 0.25) is 0 Å². The van der Waals surface area contributed by atoms with E-state index in [4.69, 9.17) is 10.5 Å².